The van der Waals surface area contributed by atoms with Crippen molar-refractivity contribution < 1.29 is 4.74 Å². The van der Waals surface area contributed by atoms with Gasteiger partial charge in [-0.2, -0.15) is 0 Å². The van der Waals surface area contributed by atoms with Crippen LogP contribution in [0.25, 0.3) is 0 Å². The average molecular weight is 413 g/mol. The molecule has 1 saturated heterocycles. The van der Waals surface area contributed by atoms with Gasteiger partial charge in [0.2, 0.25) is 0 Å². The van der Waals surface area contributed by atoms with E-state index in [9.17, 15) is 0 Å². The van der Waals surface area contributed by atoms with Gasteiger partial charge in [0.25, 0.3) is 0 Å². The number of tetrazole rings is 1. The normalized spacial score (nSPS) is 16.3. The quantitative estimate of drug-likeness (QED) is 0.595. The molecule has 29 heavy (non-hydrogen) atoms. The van der Waals surface area contributed by atoms with Crippen molar-refractivity contribution in [3.05, 3.63) is 57.5 Å². The van der Waals surface area contributed by atoms with Crippen LogP contribution in [-0.2, 0) is 11.3 Å². The Kier molecular flexibility index (Phi) is 6.22. The molecule has 0 saturated carbocycles. The third kappa shape index (κ3) is 4.34. The predicted molar refractivity (Wildman–Crippen MR) is 116 cm³/mol. The summed E-state index contributed by atoms with van der Waals surface area (Å²) in [4.78, 5) is 6.28. The number of rotatable bonds is 7. The minimum absolute atomic E-state index is 0.0719. The van der Waals surface area contributed by atoms with E-state index in [1.165, 1.54) is 21.7 Å². The number of benzene rings is 1. The van der Waals surface area contributed by atoms with Crippen LogP contribution in [0.5, 0.6) is 0 Å². The maximum Gasteiger partial charge on any atom is 0.173 e. The maximum atomic E-state index is 5.24. The highest BCUT2D eigenvalue weighted by Gasteiger charge is 2.31. The van der Waals surface area contributed by atoms with E-state index < -0.39 is 0 Å². The zero-order valence-electron chi connectivity index (χ0n) is 17.3. The summed E-state index contributed by atoms with van der Waals surface area (Å²) in [5.41, 5.74) is 3.99. The molecular formula is C21H28N6OS. The van der Waals surface area contributed by atoms with Crippen LogP contribution in [0.4, 0.5) is 5.69 Å². The molecule has 0 aliphatic carbocycles. The van der Waals surface area contributed by atoms with E-state index in [4.69, 9.17) is 4.74 Å². The lowest BCUT2D eigenvalue weighted by Crippen LogP contribution is -2.48. The number of anilines is 1. The number of aromatic nitrogens is 4. The minimum Gasteiger partial charge on any atom is -0.383 e. The summed E-state index contributed by atoms with van der Waals surface area (Å²) < 4.78 is 7.12. The Morgan fingerprint density at radius 2 is 1.97 bits per heavy atom. The zero-order chi connectivity index (χ0) is 20.2. The maximum absolute atomic E-state index is 5.24. The molecule has 0 unspecified atom stereocenters. The molecule has 0 radical (unpaired) electrons. The van der Waals surface area contributed by atoms with Crippen molar-refractivity contribution in [3.8, 4) is 0 Å². The van der Waals surface area contributed by atoms with E-state index in [-0.39, 0.29) is 6.04 Å². The lowest BCUT2D eigenvalue weighted by Gasteiger charge is -2.40. The monoisotopic (exact) mass is 412 g/mol. The van der Waals surface area contributed by atoms with Crippen molar-refractivity contribution in [2.45, 2.75) is 26.4 Å². The molecule has 0 amide bonds. The van der Waals surface area contributed by atoms with Crippen molar-refractivity contribution in [2.24, 2.45) is 0 Å². The van der Waals surface area contributed by atoms with Gasteiger partial charge in [0.1, 0.15) is 6.04 Å². The minimum atomic E-state index is 0.0719. The molecule has 1 atom stereocenters. The van der Waals surface area contributed by atoms with Crippen LogP contribution in [0.1, 0.15) is 27.9 Å². The van der Waals surface area contributed by atoms with Gasteiger partial charge in [0, 0.05) is 43.9 Å². The predicted octanol–water partition coefficient (Wildman–Crippen LogP) is 2.91. The van der Waals surface area contributed by atoms with Crippen LogP contribution in [0.2, 0.25) is 0 Å². The second-order valence-electron chi connectivity index (χ2n) is 7.48. The fraction of sp³-hybridized carbons (Fsp3) is 0.476. The first-order valence-corrected chi connectivity index (χ1v) is 10.9. The molecule has 8 heteroatoms. The summed E-state index contributed by atoms with van der Waals surface area (Å²) in [6.45, 7) is 9.52. The summed E-state index contributed by atoms with van der Waals surface area (Å²) >= 11 is 1.76. The fourth-order valence-electron chi connectivity index (χ4n) is 3.94. The van der Waals surface area contributed by atoms with Crippen LogP contribution in [0.3, 0.4) is 0 Å². The topological polar surface area (TPSA) is 59.3 Å². The standard InChI is InChI=1S/C21H28N6OS/c1-16-6-7-17(2)18(15-16)25-8-10-26(11-9-25)20(19-5-4-14-29-19)21-22-23-24-27(21)12-13-28-3/h4-7,14-15,20H,8-13H2,1-3H3/t20-/m1/s1. The number of hydrogen-bond acceptors (Lipinski definition) is 7. The summed E-state index contributed by atoms with van der Waals surface area (Å²) in [6, 6.07) is 11.1. The Labute approximate surface area is 175 Å². The van der Waals surface area contributed by atoms with Crippen LogP contribution >= 0.6 is 11.3 Å². The Morgan fingerprint density at radius 1 is 1.14 bits per heavy atom. The fourth-order valence-corrected chi connectivity index (χ4v) is 4.80. The van der Waals surface area contributed by atoms with Gasteiger partial charge in [0.15, 0.2) is 5.82 Å². The summed E-state index contributed by atoms with van der Waals surface area (Å²) in [7, 11) is 1.70. The van der Waals surface area contributed by atoms with Gasteiger partial charge in [0.05, 0.1) is 13.2 Å². The Hall–Kier alpha value is -2.29. The van der Waals surface area contributed by atoms with Gasteiger partial charge in [-0.1, -0.05) is 18.2 Å². The Balaban J connectivity index is 1.55. The molecule has 4 rings (SSSR count). The molecular weight excluding hydrogens is 384 g/mol. The molecule has 3 aromatic rings. The Bertz CT molecular complexity index is 917. The van der Waals surface area contributed by atoms with E-state index in [1.54, 1.807) is 18.4 Å². The van der Waals surface area contributed by atoms with Gasteiger partial charge in [-0.05, 0) is 52.9 Å². The number of thiophene rings is 1. The van der Waals surface area contributed by atoms with Crippen molar-refractivity contribution in [2.75, 3.05) is 44.8 Å². The van der Waals surface area contributed by atoms with Crippen molar-refractivity contribution in [3.63, 3.8) is 0 Å². The second-order valence-corrected chi connectivity index (χ2v) is 8.46. The molecule has 1 fully saturated rings. The highest BCUT2D eigenvalue weighted by molar-refractivity contribution is 7.10. The molecule has 154 valence electrons. The molecule has 1 aliphatic heterocycles. The highest BCUT2D eigenvalue weighted by Crippen LogP contribution is 2.32. The van der Waals surface area contributed by atoms with Gasteiger partial charge in [-0.25, -0.2) is 4.68 Å². The average Bonchev–Trinajstić information content (AvgIpc) is 3.42. The highest BCUT2D eigenvalue weighted by atomic mass is 32.1. The molecule has 1 aliphatic rings. The summed E-state index contributed by atoms with van der Waals surface area (Å²) in [6.07, 6.45) is 0. The third-order valence-corrected chi connectivity index (χ3v) is 6.43. The van der Waals surface area contributed by atoms with Crippen LogP contribution in [-0.4, -0.2) is 65.0 Å². The van der Waals surface area contributed by atoms with Crippen LogP contribution in [0.15, 0.2) is 35.7 Å². The SMILES string of the molecule is COCCn1nnnc1[C@@H](c1cccs1)N1CCN(c2cc(C)ccc2C)CC1. The van der Waals surface area contributed by atoms with Crippen molar-refractivity contribution in [1.82, 2.24) is 25.1 Å². The first-order chi connectivity index (χ1) is 14.2. The number of ether oxygens (including phenoxy) is 1. The first kappa shape index (κ1) is 20.0. The molecule has 0 spiro atoms. The smallest absolute Gasteiger partial charge is 0.173 e. The summed E-state index contributed by atoms with van der Waals surface area (Å²) in [5.74, 6) is 0.893. The van der Waals surface area contributed by atoms with Gasteiger partial charge in [-0.15, -0.1) is 16.4 Å². The number of nitrogens with zero attached hydrogens (tertiary/aromatic N) is 6. The van der Waals surface area contributed by atoms with Crippen LogP contribution < -0.4 is 4.90 Å². The number of piperazine rings is 1. The van der Waals surface area contributed by atoms with E-state index in [0.29, 0.717) is 13.2 Å². The van der Waals surface area contributed by atoms with Crippen molar-refractivity contribution in [1.29, 1.82) is 0 Å². The molecule has 0 bridgehead atoms. The van der Waals surface area contributed by atoms with Gasteiger partial charge in [-0.3, -0.25) is 4.90 Å². The number of hydrogen-bond donors (Lipinski definition) is 0. The first-order valence-electron chi connectivity index (χ1n) is 10.0. The Morgan fingerprint density at radius 3 is 2.69 bits per heavy atom. The van der Waals surface area contributed by atoms with Crippen LogP contribution in [0, 0.1) is 13.8 Å². The van der Waals surface area contributed by atoms with Gasteiger partial charge >= 0.3 is 0 Å². The van der Waals surface area contributed by atoms with E-state index in [1.807, 2.05) is 4.68 Å². The largest absolute Gasteiger partial charge is 0.383 e. The lowest BCUT2D eigenvalue weighted by molar-refractivity contribution is 0.172. The second kappa shape index (κ2) is 9.02. The lowest BCUT2D eigenvalue weighted by atomic mass is 10.1. The molecule has 0 N–H and O–H groups in total. The van der Waals surface area contributed by atoms with E-state index in [0.717, 1.165) is 32.0 Å². The van der Waals surface area contributed by atoms with Crippen molar-refractivity contribution >= 4 is 17.0 Å². The van der Waals surface area contributed by atoms with E-state index >= 15 is 0 Å². The molecule has 7 nitrogen and oxygen atoms in total. The van der Waals surface area contributed by atoms with E-state index in [2.05, 4.69) is 74.9 Å². The van der Waals surface area contributed by atoms with Gasteiger partial charge < -0.3 is 9.64 Å². The summed E-state index contributed by atoms with van der Waals surface area (Å²) in [5, 5.41) is 14.7. The molecule has 2 aromatic heterocycles. The zero-order valence-corrected chi connectivity index (χ0v) is 18.1. The number of methoxy groups -OCH3 is 1. The molecule has 1 aromatic carbocycles. The number of aryl methyl sites for hydroxylation is 2. The molecule has 3 heterocycles. The third-order valence-electron chi connectivity index (χ3n) is 5.51.